The molecule has 0 aliphatic rings. The van der Waals surface area contributed by atoms with E-state index < -0.39 is 0 Å². The molecule has 5 heterocycles. The van der Waals surface area contributed by atoms with Crippen LogP contribution >= 0.6 is 11.3 Å². The summed E-state index contributed by atoms with van der Waals surface area (Å²) in [5, 5.41) is 7.65. The largest absolute Gasteiger partial charge is 0.282 e. The van der Waals surface area contributed by atoms with Gasteiger partial charge in [0, 0.05) is 11.9 Å². The zero-order chi connectivity index (χ0) is 17.8. The summed E-state index contributed by atoms with van der Waals surface area (Å²) in [5.41, 5.74) is 5.10. The average molecular weight is 360 g/mol. The lowest BCUT2D eigenvalue weighted by Crippen LogP contribution is -2.01. The quantitative estimate of drug-likeness (QED) is 0.475. The molecule has 0 aliphatic heterocycles. The van der Waals surface area contributed by atoms with Crippen LogP contribution in [0.15, 0.2) is 42.2 Å². The Labute approximate surface area is 153 Å². The minimum atomic E-state index is 0.729. The molecule has 0 spiro atoms. The monoisotopic (exact) mass is 360 g/mol. The number of aryl methyl sites for hydroxylation is 2. The highest BCUT2D eigenvalue weighted by molar-refractivity contribution is 7.13. The number of fused-ring (bicyclic) bond motifs is 3. The van der Waals surface area contributed by atoms with Gasteiger partial charge >= 0.3 is 0 Å². The van der Waals surface area contributed by atoms with E-state index in [0.717, 1.165) is 50.0 Å². The lowest BCUT2D eigenvalue weighted by Gasteiger charge is -2.07. The van der Waals surface area contributed by atoms with Gasteiger partial charge in [-0.1, -0.05) is 6.07 Å². The molecule has 0 N–H and O–H groups in total. The summed E-state index contributed by atoms with van der Waals surface area (Å²) in [6.07, 6.45) is 3.56. The van der Waals surface area contributed by atoms with Crippen LogP contribution in [0.4, 0.5) is 0 Å². The van der Waals surface area contributed by atoms with Crippen molar-refractivity contribution in [1.29, 1.82) is 0 Å². The van der Waals surface area contributed by atoms with E-state index in [-0.39, 0.29) is 0 Å². The molecule has 0 amide bonds. The summed E-state index contributed by atoms with van der Waals surface area (Å²) >= 11 is 1.63. The number of nitrogens with zero attached hydrogens (tertiary/aromatic N) is 6. The SMILES string of the molecule is Cc1ccnc(-n2c(C)c(C)c3c2ncn2nc(-c4cccs4)nc32)c1. The first-order valence-corrected chi connectivity index (χ1v) is 9.21. The number of hydrogen-bond donors (Lipinski definition) is 0. The van der Waals surface area contributed by atoms with Gasteiger partial charge in [0.1, 0.15) is 12.1 Å². The van der Waals surface area contributed by atoms with Crippen LogP contribution in [0.2, 0.25) is 0 Å². The lowest BCUT2D eigenvalue weighted by molar-refractivity contribution is 0.919. The maximum absolute atomic E-state index is 4.80. The Hall–Kier alpha value is -3.06. The molecule has 26 heavy (non-hydrogen) atoms. The molecule has 128 valence electrons. The second-order valence-electron chi connectivity index (χ2n) is 6.36. The van der Waals surface area contributed by atoms with Gasteiger partial charge in [-0.15, -0.1) is 16.4 Å². The molecular formula is C19H16N6S. The molecule has 5 aromatic heterocycles. The fraction of sp³-hybridized carbons (Fsp3) is 0.158. The number of hydrogen-bond acceptors (Lipinski definition) is 5. The zero-order valence-electron chi connectivity index (χ0n) is 14.6. The summed E-state index contributed by atoms with van der Waals surface area (Å²) in [6.45, 7) is 6.26. The summed E-state index contributed by atoms with van der Waals surface area (Å²) in [6, 6.07) is 8.10. The lowest BCUT2D eigenvalue weighted by atomic mass is 10.2. The van der Waals surface area contributed by atoms with Crippen molar-refractivity contribution in [3.63, 3.8) is 0 Å². The van der Waals surface area contributed by atoms with Gasteiger partial charge in [-0.3, -0.25) is 4.57 Å². The van der Waals surface area contributed by atoms with Crippen LogP contribution in [0.5, 0.6) is 0 Å². The Morgan fingerprint density at radius 1 is 1.04 bits per heavy atom. The molecule has 7 heteroatoms. The molecule has 0 radical (unpaired) electrons. The zero-order valence-corrected chi connectivity index (χ0v) is 15.4. The Morgan fingerprint density at radius 2 is 1.92 bits per heavy atom. The Kier molecular flexibility index (Phi) is 3.20. The highest BCUT2D eigenvalue weighted by Crippen LogP contribution is 2.30. The predicted molar refractivity (Wildman–Crippen MR) is 103 cm³/mol. The molecular weight excluding hydrogens is 344 g/mol. The van der Waals surface area contributed by atoms with E-state index in [1.165, 1.54) is 0 Å². The van der Waals surface area contributed by atoms with Gasteiger partial charge in [0.05, 0.1) is 10.3 Å². The summed E-state index contributed by atoms with van der Waals surface area (Å²) in [7, 11) is 0. The number of aromatic nitrogens is 6. The fourth-order valence-corrected chi connectivity index (χ4v) is 3.95. The molecule has 0 saturated heterocycles. The molecule has 5 aromatic rings. The molecule has 0 aromatic carbocycles. The van der Waals surface area contributed by atoms with E-state index >= 15 is 0 Å². The maximum atomic E-state index is 4.80. The van der Waals surface area contributed by atoms with Gasteiger partial charge in [0.25, 0.3) is 0 Å². The topological polar surface area (TPSA) is 60.9 Å². The minimum Gasteiger partial charge on any atom is -0.282 e. The van der Waals surface area contributed by atoms with Crippen LogP contribution in [0.1, 0.15) is 16.8 Å². The molecule has 0 unspecified atom stereocenters. The molecule has 0 aliphatic carbocycles. The van der Waals surface area contributed by atoms with Crippen molar-refractivity contribution in [1.82, 2.24) is 29.1 Å². The highest BCUT2D eigenvalue weighted by atomic mass is 32.1. The van der Waals surface area contributed by atoms with Gasteiger partial charge in [-0.2, -0.15) is 0 Å². The second-order valence-corrected chi connectivity index (χ2v) is 7.31. The van der Waals surface area contributed by atoms with Crippen molar-refractivity contribution >= 4 is 28.0 Å². The van der Waals surface area contributed by atoms with Gasteiger partial charge in [-0.05, 0) is 55.5 Å². The smallest absolute Gasteiger partial charge is 0.192 e. The van der Waals surface area contributed by atoms with Crippen LogP contribution in [-0.2, 0) is 0 Å². The summed E-state index contributed by atoms with van der Waals surface area (Å²) in [4.78, 5) is 15.1. The van der Waals surface area contributed by atoms with Crippen molar-refractivity contribution in [2.45, 2.75) is 20.8 Å². The number of thiophene rings is 1. The van der Waals surface area contributed by atoms with E-state index in [1.807, 2.05) is 29.8 Å². The standard InChI is InChI=1S/C19H16N6S/c1-11-6-7-20-15(9-11)25-13(3)12(2)16-18(25)21-10-24-19(16)22-17(23-24)14-5-4-8-26-14/h4-10H,1-3H3. The van der Waals surface area contributed by atoms with Gasteiger partial charge < -0.3 is 0 Å². The van der Waals surface area contributed by atoms with Crippen LogP contribution in [0.25, 0.3) is 33.2 Å². The van der Waals surface area contributed by atoms with E-state index in [0.29, 0.717) is 0 Å². The first kappa shape index (κ1) is 15.2. The number of rotatable bonds is 2. The van der Waals surface area contributed by atoms with Crippen LogP contribution in [0, 0.1) is 20.8 Å². The Bertz CT molecular complexity index is 1260. The third-order valence-corrected chi connectivity index (χ3v) is 5.57. The molecule has 0 atom stereocenters. The fourth-order valence-electron chi connectivity index (χ4n) is 3.29. The van der Waals surface area contributed by atoms with E-state index in [9.17, 15) is 0 Å². The first-order valence-electron chi connectivity index (χ1n) is 8.33. The van der Waals surface area contributed by atoms with E-state index in [4.69, 9.17) is 4.98 Å². The molecule has 6 nitrogen and oxygen atoms in total. The van der Waals surface area contributed by atoms with Crippen molar-refractivity contribution in [3.05, 3.63) is 59.0 Å². The van der Waals surface area contributed by atoms with Gasteiger partial charge in [0.15, 0.2) is 17.1 Å². The summed E-state index contributed by atoms with van der Waals surface area (Å²) in [5.74, 6) is 1.60. The maximum Gasteiger partial charge on any atom is 0.192 e. The minimum absolute atomic E-state index is 0.729. The summed E-state index contributed by atoms with van der Waals surface area (Å²) < 4.78 is 3.86. The first-order chi connectivity index (χ1) is 12.6. The molecule has 0 fully saturated rings. The average Bonchev–Trinajstić information content (AvgIpc) is 3.34. The van der Waals surface area contributed by atoms with Gasteiger partial charge in [0.2, 0.25) is 0 Å². The Balaban J connectivity index is 1.84. The van der Waals surface area contributed by atoms with Crippen molar-refractivity contribution in [2.24, 2.45) is 0 Å². The number of pyridine rings is 1. The van der Waals surface area contributed by atoms with Crippen LogP contribution in [-0.4, -0.2) is 29.1 Å². The molecule has 0 saturated carbocycles. The van der Waals surface area contributed by atoms with Crippen molar-refractivity contribution in [3.8, 4) is 16.5 Å². The van der Waals surface area contributed by atoms with Crippen LogP contribution < -0.4 is 0 Å². The third kappa shape index (κ3) is 2.10. The normalized spacial score (nSPS) is 11.7. The molecule has 5 rings (SSSR count). The van der Waals surface area contributed by atoms with E-state index in [1.54, 1.807) is 22.2 Å². The predicted octanol–water partition coefficient (Wildman–Crippen LogP) is 4.12. The van der Waals surface area contributed by atoms with Crippen molar-refractivity contribution in [2.75, 3.05) is 0 Å². The molecule has 0 bridgehead atoms. The van der Waals surface area contributed by atoms with Crippen molar-refractivity contribution < 1.29 is 0 Å². The van der Waals surface area contributed by atoms with E-state index in [2.05, 4.69) is 46.5 Å². The highest BCUT2D eigenvalue weighted by Gasteiger charge is 2.20. The Morgan fingerprint density at radius 3 is 2.69 bits per heavy atom. The van der Waals surface area contributed by atoms with Gasteiger partial charge in [-0.25, -0.2) is 19.5 Å². The van der Waals surface area contributed by atoms with Crippen LogP contribution in [0.3, 0.4) is 0 Å². The third-order valence-electron chi connectivity index (χ3n) is 4.70. The second kappa shape index (κ2) is 5.47.